The van der Waals surface area contributed by atoms with Crippen LogP contribution in [0.4, 0.5) is 5.13 Å². The molecule has 6 nitrogen and oxygen atoms in total. The highest BCUT2D eigenvalue weighted by Gasteiger charge is 2.52. The normalized spacial score (nSPS) is 28.0. The number of fused-ring (bicyclic) bond motifs is 1. The molecule has 2 fully saturated rings. The summed E-state index contributed by atoms with van der Waals surface area (Å²) in [7, 11) is 0. The van der Waals surface area contributed by atoms with Crippen molar-refractivity contribution in [2.45, 2.75) is 50.4 Å². The molecule has 0 saturated carbocycles. The third kappa shape index (κ3) is 2.66. The molecule has 2 atom stereocenters. The van der Waals surface area contributed by atoms with Gasteiger partial charge in [0.15, 0.2) is 0 Å². The van der Waals surface area contributed by atoms with E-state index < -0.39 is 6.04 Å². The zero-order valence-electron chi connectivity index (χ0n) is 12.1. The Kier molecular flexibility index (Phi) is 3.92. The zero-order valence-corrected chi connectivity index (χ0v) is 13.7. The number of anilines is 1. The molecule has 0 aliphatic carbocycles. The van der Waals surface area contributed by atoms with E-state index in [9.17, 15) is 9.59 Å². The first-order chi connectivity index (χ1) is 10.0. The SMILES string of the molecule is CCCc1nnc(NC(=O)C2CSC3(C)CCC(=O)N23)s1. The van der Waals surface area contributed by atoms with Crippen molar-refractivity contribution in [2.75, 3.05) is 11.1 Å². The Morgan fingerprint density at radius 3 is 3.10 bits per heavy atom. The van der Waals surface area contributed by atoms with Crippen molar-refractivity contribution in [1.29, 1.82) is 0 Å². The first kappa shape index (κ1) is 14.8. The van der Waals surface area contributed by atoms with Gasteiger partial charge >= 0.3 is 0 Å². The molecule has 0 radical (unpaired) electrons. The van der Waals surface area contributed by atoms with Gasteiger partial charge in [0.05, 0.1) is 4.87 Å². The van der Waals surface area contributed by atoms with Crippen molar-refractivity contribution in [3.8, 4) is 0 Å². The monoisotopic (exact) mass is 326 g/mol. The van der Waals surface area contributed by atoms with Crippen LogP contribution in [0.1, 0.15) is 38.1 Å². The summed E-state index contributed by atoms with van der Waals surface area (Å²) in [4.78, 5) is 26.0. The molecule has 2 unspecified atom stereocenters. The molecule has 1 aromatic heterocycles. The third-order valence-corrected chi connectivity index (χ3v) is 6.31. The van der Waals surface area contributed by atoms with Crippen molar-refractivity contribution in [1.82, 2.24) is 15.1 Å². The quantitative estimate of drug-likeness (QED) is 0.914. The van der Waals surface area contributed by atoms with Gasteiger partial charge in [-0.3, -0.25) is 14.9 Å². The molecule has 0 aromatic carbocycles. The van der Waals surface area contributed by atoms with Gasteiger partial charge < -0.3 is 4.90 Å². The molecule has 1 N–H and O–H groups in total. The number of nitrogens with zero attached hydrogens (tertiary/aromatic N) is 3. The largest absolute Gasteiger partial charge is 0.315 e. The van der Waals surface area contributed by atoms with Gasteiger partial charge in [-0.1, -0.05) is 18.3 Å². The molecule has 3 rings (SSSR count). The summed E-state index contributed by atoms with van der Waals surface area (Å²) in [6.45, 7) is 4.12. The van der Waals surface area contributed by atoms with Crippen molar-refractivity contribution in [2.24, 2.45) is 0 Å². The van der Waals surface area contributed by atoms with Gasteiger partial charge in [-0.25, -0.2) is 0 Å². The maximum absolute atomic E-state index is 12.4. The van der Waals surface area contributed by atoms with E-state index in [1.54, 1.807) is 16.7 Å². The molecule has 2 saturated heterocycles. The lowest BCUT2D eigenvalue weighted by atomic mass is 10.2. The fraction of sp³-hybridized carbons (Fsp3) is 0.692. The molecule has 2 aliphatic rings. The predicted octanol–water partition coefficient (Wildman–Crippen LogP) is 1.88. The van der Waals surface area contributed by atoms with Crippen molar-refractivity contribution in [3.05, 3.63) is 5.01 Å². The molecule has 1 aromatic rings. The number of rotatable bonds is 4. The van der Waals surface area contributed by atoms with Gasteiger partial charge in [0.2, 0.25) is 16.9 Å². The van der Waals surface area contributed by atoms with Gasteiger partial charge in [-0.2, -0.15) is 0 Å². The lowest BCUT2D eigenvalue weighted by Gasteiger charge is -2.29. The van der Waals surface area contributed by atoms with Crippen LogP contribution >= 0.6 is 23.1 Å². The maximum atomic E-state index is 12.4. The number of carbonyl (C=O) groups excluding carboxylic acids is 2. The molecule has 21 heavy (non-hydrogen) atoms. The van der Waals surface area contributed by atoms with Crippen molar-refractivity contribution in [3.63, 3.8) is 0 Å². The van der Waals surface area contributed by atoms with Gasteiger partial charge in [-0.15, -0.1) is 22.0 Å². The van der Waals surface area contributed by atoms with E-state index in [0.29, 0.717) is 17.3 Å². The average molecular weight is 326 g/mol. The Labute approximate surface area is 131 Å². The second-order valence-corrected chi connectivity index (χ2v) is 8.07. The Hall–Kier alpha value is -1.15. The summed E-state index contributed by atoms with van der Waals surface area (Å²) < 4.78 is 0. The Morgan fingerprint density at radius 2 is 2.33 bits per heavy atom. The summed E-state index contributed by atoms with van der Waals surface area (Å²) >= 11 is 3.10. The van der Waals surface area contributed by atoms with E-state index in [1.807, 2.05) is 6.92 Å². The van der Waals surface area contributed by atoms with Gasteiger partial charge in [-0.05, 0) is 19.8 Å². The van der Waals surface area contributed by atoms with Crippen LogP contribution in [-0.4, -0.2) is 43.6 Å². The first-order valence-electron chi connectivity index (χ1n) is 7.13. The van der Waals surface area contributed by atoms with Gasteiger partial charge in [0.25, 0.3) is 0 Å². The molecule has 0 bridgehead atoms. The van der Waals surface area contributed by atoms with E-state index in [4.69, 9.17) is 0 Å². The molecule has 2 amide bonds. The summed E-state index contributed by atoms with van der Waals surface area (Å²) in [5.74, 6) is 0.571. The summed E-state index contributed by atoms with van der Waals surface area (Å²) in [6, 6.07) is -0.395. The molecule has 0 spiro atoms. The van der Waals surface area contributed by atoms with Crippen LogP contribution in [0.5, 0.6) is 0 Å². The van der Waals surface area contributed by atoms with E-state index in [0.717, 1.165) is 24.3 Å². The number of thioether (sulfide) groups is 1. The number of carbonyl (C=O) groups is 2. The van der Waals surface area contributed by atoms with E-state index in [-0.39, 0.29) is 16.7 Å². The van der Waals surface area contributed by atoms with Gasteiger partial charge in [0.1, 0.15) is 11.0 Å². The van der Waals surface area contributed by atoms with Crippen LogP contribution in [0.3, 0.4) is 0 Å². The molecule has 3 heterocycles. The smallest absolute Gasteiger partial charge is 0.249 e. The molecule has 8 heteroatoms. The lowest BCUT2D eigenvalue weighted by molar-refractivity contribution is -0.135. The zero-order chi connectivity index (χ0) is 15.0. The second-order valence-electron chi connectivity index (χ2n) is 5.51. The highest BCUT2D eigenvalue weighted by Crippen LogP contribution is 2.47. The second kappa shape index (κ2) is 5.57. The van der Waals surface area contributed by atoms with Crippen molar-refractivity contribution >= 4 is 40.0 Å². The number of nitrogens with one attached hydrogen (secondary N) is 1. The van der Waals surface area contributed by atoms with E-state index in [2.05, 4.69) is 22.4 Å². The highest BCUT2D eigenvalue weighted by molar-refractivity contribution is 8.01. The minimum absolute atomic E-state index is 0.0755. The molecular weight excluding hydrogens is 308 g/mol. The topological polar surface area (TPSA) is 75.2 Å². The average Bonchev–Trinajstić information content (AvgIpc) is 3.08. The van der Waals surface area contributed by atoms with Crippen LogP contribution in [0.2, 0.25) is 0 Å². The van der Waals surface area contributed by atoms with E-state index >= 15 is 0 Å². The Bertz CT molecular complexity index is 576. The highest BCUT2D eigenvalue weighted by atomic mass is 32.2. The minimum Gasteiger partial charge on any atom is -0.315 e. The summed E-state index contributed by atoms with van der Waals surface area (Å²) in [5, 5.41) is 12.3. The first-order valence-corrected chi connectivity index (χ1v) is 8.93. The minimum atomic E-state index is -0.395. The molecular formula is C13H18N4O2S2. The van der Waals surface area contributed by atoms with Crippen LogP contribution in [-0.2, 0) is 16.0 Å². The fourth-order valence-electron chi connectivity index (χ4n) is 2.82. The van der Waals surface area contributed by atoms with E-state index in [1.165, 1.54) is 11.3 Å². The fourth-order valence-corrected chi connectivity index (χ4v) is 5.10. The number of hydrogen-bond donors (Lipinski definition) is 1. The third-order valence-electron chi connectivity index (χ3n) is 3.91. The molecule has 114 valence electrons. The van der Waals surface area contributed by atoms with Crippen LogP contribution in [0, 0.1) is 0 Å². The predicted molar refractivity (Wildman–Crippen MR) is 83.3 cm³/mol. The standard InChI is InChI=1S/C13H18N4O2S2/c1-3-4-9-15-16-12(21-9)14-11(19)8-7-20-13(2)6-5-10(18)17(8)13/h8H,3-7H2,1-2H3,(H,14,16,19). The van der Waals surface area contributed by atoms with Crippen molar-refractivity contribution < 1.29 is 9.59 Å². The van der Waals surface area contributed by atoms with Crippen LogP contribution in [0.15, 0.2) is 0 Å². The number of hydrogen-bond acceptors (Lipinski definition) is 6. The number of aromatic nitrogens is 2. The maximum Gasteiger partial charge on any atom is 0.249 e. The van der Waals surface area contributed by atoms with Crippen LogP contribution in [0.25, 0.3) is 0 Å². The van der Waals surface area contributed by atoms with Gasteiger partial charge in [0, 0.05) is 18.6 Å². The Balaban J connectivity index is 1.69. The Morgan fingerprint density at radius 1 is 1.52 bits per heavy atom. The van der Waals surface area contributed by atoms with Crippen LogP contribution < -0.4 is 5.32 Å². The lowest BCUT2D eigenvalue weighted by Crippen LogP contribution is -2.48. The summed E-state index contributed by atoms with van der Waals surface area (Å²) in [6.07, 6.45) is 3.23. The number of aryl methyl sites for hydroxylation is 1. The summed E-state index contributed by atoms with van der Waals surface area (Å²) in [5.41, 5.74) is 0. The molecule has 2 aliphatic heterocycles. The number of amides is 2.